The van der Waals surface area contributed by atoms with Crippen molar-refractivity contribution >= 4 is 23.2 Å². The third kappa shape index (κ3) is 6.51. The van der Waals surface area contributed by atoms with E-state index in [0.29, 0.717) is 10.0 Å². The van der Waals surface area contributed by atoms with Crippen LogP contribution >= 0.6 is 23.2 Å². The Morgan fingerprint density at radius 1 is 0.810 bits per heavy atom. The summed E-state index contributed by atoms with van der Waals surface area (Å²) in [6.45, 7) is 9.85. The maximum Gasteiger partial charge on any atom is 0.0595 e. The summed E-state index contributed by atoms with van der Waals surface area (Å²) in [5.74, 6) is 0. The van der Waals surface area contributed by atoms with Crippen LogP contribution in [-0.2, 0) is 6.54 Å². The molecule has 0 saturated carbocycles. The average Bonchev–Trinajstić information content (AvgIpc) is 2.54. The normalized spacial score (nSPS) is 19.7. The summed E-state index contributed by atoms with van der Waals surface area (Å²) in [6.07, 6.45) is 0. The van der Waals surface area contributed by atoms with Crippen molar-refractivity contribution in [1.82, 2.24) is 20.9 Å². The molecular weight excluding hydrogens is 307 g/mol. The van der Waals surface area contributed by atoms with Gasteiger partial charge in [0.1, 0.15) is 0 Å². The Labute approximate surface area is 137 Å². The van der Waals surface area contributed by atoms with E-state index in [9.17, 15) is 0 Å². The SMILES string of the molecule is C1CNCCN1.Clc1ccc(CN2CCNCC2)cc1Cl. The van der Waals surface area contributed by atoms with Crippen LogP contribution in [0.2, 0.25) is 10.0 Å². The van der Waals surface area contributed by atoms with Gasteiger partial charge in [-0.1, -0.05) is 29.3 Å². The zero-order chi connectivity index (χ0) is 14.9. The largest absolute Gasteiger partial charge is 0.314 e. The molecule has 3 N–H and O–H groups in total. The Balaban J connectivity index is 0.000000225. The van der Waals surface area contributed by atoms with Crippen LogP contribution in [0.3, 0.4) is 0 Å². The van der Waals surface area contributed by atoms with Gasteiger partial charge in [-0.05, 0) is 17.7 Å². The van der Waals surface area contributed by atoms with Crippen LogP contribution in [0.1, 0.15) is 5.56 Å². The van der Waals surface area contributed by atoms with Gasteiger partial charge in [0, 0.05) is 58.9 Å². The minimum atomic E-state index is 0.626. The summed E-state index contributed by atoms with van der Waals surface area (Å²) < 4.78 is 0. The molecule has 0 atom stereocenters. The first-order valence-corrected chi connectivity index (χ1v) is 8.30. The molecular formula is C15H24Cl2N4. The highest BCUT2D eigenvalue weighted by atomic mass is 35.5. The van der Waals surface area contributed by atoms with Crippen LogP contribution in [0.25, 0.3) is 0 Å². The number of hydrogen-bond acceptors (Lipinski definition) is 4. The Kier molecular flexibility index (Phi) is 7.78. The Hall–Kier alpha value is -0.360. The van der Waals surface area contributed by atoms with Crippen molar-refractivity contribution in [1.29, 1.82) is 0 Å². The van der Waals surface area contributed by atoms with Crippen molar-refractivity contribution in [2.75, 3.05) is 52.4 Å². The van der Waals surface area contributed by atoms with Crippen molar-refractivity contribution in [2.24, 2.45) is 0 Å². The minimum absolute atomic E-state index is 0.626. The van der Waals surface area contributed by atoms with Gasteiger partial charge < -0.3 is 16.0 Å². The van der Waals surface area contributed by atoms with Gasteiger partial charge in [0.05, 0.1) is 10.0 Å². The molecule has 0 aliphatic carbocycles. The fourth-order valence-corrected chi connectivity index (χ4v) is 2.69. The molecule has 2 aliphatic heterocycles. The van der Waals surface area contributed by atoms with Gasteiger partial charge >= 0.3 is 0 Å². The summed E-state index contributed by atoms with van der Waals surface area (Å²) in [5.41, 5.74) is 1.23. The van der Waals surface area contributed by atoms with E-state index in [0.717, 1.165) is 58.9 Å². The molecule has 118 valence electrons. The number of nitrogens with one attached hydrogen (secondary N) is 3. The highest BCUT2D eigenvalue weighted by Gasteiger charge is 2.10. The van der Waals surface area contributed by atoms with E-state index in [1.807, 2.05) is 18.2 Å². The number of hydrogen-bond donors (Lipinski definition) is 3. The molecule has 0 radical (unpaired) electrons. The monoisotopic (exact) mass is 330 g/mol. The summed E-state index contributed by atoms with van der Waals surface area (Å²) in [4.78, 5) is 2.41. The summed E-state index contributed by atoms with van der Waals surface area (Å²) in [5, 5.41) is 11.0. The molecule has 1 aromatic rings. The van der Waals surface area contributed by atoms with Crippen LogP contribution in [0.4, 0.5) is 0 Å². The standard InChI is InChI=1S/C11H14Cl2N2.C4H10N2/c12-10-2-1-9(7-11(10)13)8-15-5-3-14-4-6-15;1-2-6-4-3-5-1/h1-2,7,14H,3-6,8H2;5-6H,1-4H2. The molecule has 2 heterocycles. The smallest absolute Gasteiger partial charge is 0.0595 e. The number of rotatable bonds is 2. The summed E-state index contributed by atoms with van der Waals surface area (Å²) in [6, 6.07) is 5.85. The first-order chi connectivity index (χ1) is 10.3. The Bertz CT molecular complexity index is 407. The molecule has 0 amide bonds. The second-order valence-electron chi connectivity index (χ2n) is 5.27. The molecule has 3 rings (SSSR count). The van der Waals surface area contributed by atoms with Crippen LogP contribution in [0.5, 0.6) is 0 Å². The number of nitrogens with zero attached hydrogens (tertiary/aromatic N) is 1. The van der Waals surface area contributed by atoms with E-state index in [2.05, 4.69) is 20.9 Å². The van der Waals surface area contributed by atoms with Gasteiger partial charge in [-0.2, -0.15) is 0 Å². The van der Waals surface area contributed by atoms with Crippen LogP contribution < -0.4 is 16.0 Å². The molecule has 0 spiro atoms. The zero-order valence-corrected chi connectivity index (χ0v) is 13.8. The highest BCUT2D eigenvalue weighted by molar-refractivity contribution is 6.42. The van der Waals surface area contributed by atoms with E-state index in [1.54, 1.807) is 0 Å². The van der Waals surface area contributed by atoms with Crippen molar-refractivity contribution < 1.29 is 0 Å². The van der Waals surface area contributed by atoms with Crippen LogP contribution in [0.15, 0.2) is 18.2 Å². The van der Waals surface area contributed by atoms with Gasteiger partial charge in [-0.15, -0.1) is 0 Å². The molecule has 0 bridgehead atoms. The van der Waals surface area contributed by atoms with Gasteiger partial charge in [-0.3, -0.25) is 4.90 Å². The lowest BCUT2D eigenvalue weighted by molar-refractivity contribution is 0.233. The first kappa shape index (κ1) is 17.0. The fraction of sp³-hybridized carbons (Fsp3) is 0.600. The molecule has 4 nitrogen and oxygen atoms in total. The lowest BCUT2D eigenvalue weighted by Gasteiger charge is -2.27. The van der Waals surface area contributed by atoms with Crippen molar-refractivity contribution in [3.63, 3.8) is 0 Å². The predicted octanol–water partition coefficient (Wildman–Crippen LogP) is 1.58. The lowest BCUT2D eigenvalue weighted by Crippen LogP contribution is -2.42. The fourth-order valence-electron chi connectivity index (χ4n) is 2.37. The second kappa shape index (κ2) is 9.62. The Morgan fingerprint density at radius 3 is 1.90 bits per heavy atom. The topological polar surface area (TPSA) is 39.3 Å². The van der Waals surface area contributed by atoms with E-state index in [1.165, 1.54) is 5.56 Å². The van der Waals surface area contributed by atoms with Gasteiger partial charge in [-0.25, -0.2) is 0 Å². The zero-order valence-electron chi connectivity index (χ0n) is 12.3. The molecule has 0 unspecified atom stereocenters. The van der Waals surface area contributed by atoms with Crippen molar-refractivity contribution in [3.8, 4) is 0 Å². The minimum Gasteiger partial charge on any atom is -0.314 e. The molecule has 6 heteroatoms. The third-order valence-corrected chi connectivity index (χ3v) is 4.30. The molecule has 21 heavy (non-hydrogen) atoms. The van der Waals surface area contributed by atoms with E-state index < -0.39 is 0 Å². The number of halogens is 2. The van der Waals surface area contributed by atoms with Crippen molar-refractivity contribution in [3.05, 3.63) is 33.8 Å². The van der Waals surface area contributed by atoms with E-state index in [4.69, 9.17) is 23.2 Å². The number of benzene rings is 1. The molecule has 2 aliphatic rings. The highest BCUT2D eigenvalue weighted by Crippen LogP contribution is 2.23. The van der Waals surface area contributed by atoms with Crippen molar-refractivity contribution in [2.45, 2.75) is 6.54 Å². The Morgan fingerprint density at radius 2 is 1.38 bits per heavy atom. The lowest BCUT2D eigenvalue weighted by atomic mass is 10.2. The molecule has 0 aromatic heterocycles. The summed E-state index contributed by atoms with van der Waals surface area (Å²) >= 11 is 11.8. The molecule has 2 fully saturated rings. The summed E-state index contributed by atoms with van der Waals surface area (Å²) in [7, 11) is 0. The average molecular weight is 331 g/mol. The van der Waals surface area contributed by atoms with E-state index in [-0.39, 0.29) is 0 Å². The van der Waals surface area contributed by atoms with Crippen LogP contribution in [-0.4, -0.2) is 57.3 Å². The number of piperazine rings is 2. The first-order valence-electron chi connectivity index (χ1n) is 7.54. The van der Waals surface area contributed by atoms with E-state index >= 15 is 0 Å². The quantitative estimate of drug-likeness (QED) is 0.770. The predicted molar refractivity (Wildman–Crippen MR) is 90.3 cm³/mol. The van der Waals surface area contributed by atoms with Gasteiger partial charge in [0.2, 0.25) is 0 Å². The third-order valence-electron chi connectivity index (χ3n) is 3.56. The second-order valence-corrected chi connectivity index (χ2v) is 6.09. The molecule has 2 saturated heterocycles. The molecule has 1 aromatic carbocycles. The van der Waals surface area contributed by atoms with Crippen LogP contribution in [0, 0.1) is 0 Å². The maximum atomic E-state index is 5.97. The maximum absolute atomic E-state index is 5.97. The van der Waals surface area contributed by atoms with Gasteiger partial charge in [0.15, 0.2) is 0 Å². The van der Waals surface area contributed by atoms with Gasteiger partial charge in [0.25, 0.3) is 0 Å².